The average Bonchev–Trinajstić information content (AvgIpc) is 2.12. The zero-order chi connectivity index (χ0) is 10.1. The molecule has 76 valence electrons. The van der Waals surface area contributed by atoms with Crippen LogP contribution in [0.5, 0.6) is 0 Å². The summed E-state index contributed by atoms with van der Waals surface area (Å²) in [6.07, 6.45) is -0.0550. The van der Waals surface area contributed by atoms with Crippen LogP contribution in [-0.4, -0.2) is 38.7 Å². The van der Waals surface area contributed by atoms with E-state index in [1.54, 1.807) is 14.0 Å². The SMILES string of the molecule is CNCCC(=O)OCC(C)OC=O. The van der Waals surface area contributed by atoms with Gasteiger partial charge in [0.05, 0.1) is 6.42 Å². The van der Waals surface area contributed by atoms with Crippen molar-refractivity contribution in [1.82, 2.24) is 5.32 Å². The van der Waals surface area contributed by atoms with Crippen LogP contribution in [0.1, 0.15) is 13.3 Å². The quantitative estimate of drug-likeness (QED) is 0.440. The van der Waals surface area contributed by atoms with Gasteiger partial charge in [-0.3, -0.25) is 9.59 Å². The Labute approximate surface area is 77.4 Å². The topological polar surface area (TPSA) is 64.6 Å². The number of ether oxygens (including phenoxy) is 2. The minimum absolute atomic E-state index is 0.112. The Kier molecular flexibility index (Phi) is 6.91. The highest BCUT2D eigenvalue weighted by atomic mass is 16.6. The minimum atomic E-state index is -0.379. The first kappa shape index (κ1) is 11.9. The van der Waals surface area contributed by atoms with Crippen molar-refractivity contribution < 1.29 is 19.1 Å². The van der Waals surface area contributed by atoms with Crippen molar-refractivity contribution in [2.24, 2.45) is 0 Å². The molecule has 0 bridgehead atoms. The third-order valence-electron chi connectivity index (χ3n) is 1.35. The van der Waals surface area contributed by atoms with Gasteiger partial charge in [0.15, 0.2) is 0 Å². The van der Waals surface area contributed by atoms with Crippen LogP contribution in [0.3, 0.4) is 0 Å². The first-order valence-electron chi connectivity index (χ1n) is 4.10. The van der Waals surface area contributed by atoms with Gasteiger partial charge in [-0.05, 0) is 14.0 Å². The number of esters is 1. The maximum absolute atomic E-state index is 10.9. The average molecular weight is 189 g/mol. The lowest BCUT2D eigenvalue weighted by atomic mass is 10.4. The Bertz CT molecular complexity index is 160. The molecular weight excluding hydrogens is 174 g/mol. The molecule has 0 saturated heterocycles. The van der Waals surface area contributed by atoms with E-state index in [2.05, 4.69) is 10.1 Å². The largest absolute Gasteiger partial charge is 0.462 e. The van der Waals surface area contributed by atoms with Gasteiger partial charge in [-0.15, -0.1) is 0 Å². The van der Waals surface area contributed by atoms with Crippen LogP contribution >= 0.6 is 0 Å². The summed E-state index contributed by atoms with van der Waals surface area (Å²) in [5.74, 6) is -0.296. The van der Waals surface area contributed by atoms with Gasteiger partial charge < -0.3 is 14.8 Å². The van der Waals surface area contributed by atoms with Crippen molar-refractivity contribution in [3.8, 4) is 0 Å². The fourth-order valence-corrected chi connectivity index (χ4v) is 0.644. The second kappa shape index (κ2) is 7.54. The van der Waals surface area contributed by atoms with E-state index in [1.807, 2.05) is 0 Å². The van der Waals surface area contributed by atoms with Crippen LogP contribution in [0.25, 0.3) is 0 Å². The smallest absolute Gasteiger partial charge is 0.307 e. The van der Waals surface area contributed by atoms with Crippen molar-refractivity contribution in [2.45, 2.75) is 19.4 Å². The molecule has 1 N–H and O–H groups in total. The molecule has 5 heteroatoms. The Morgan fingerprint density at radius 2 is 2.31 bits per heavy atom. The van der Waals surface area contributed by atoms with Gasteiger partial charge in [0.25, 0.3) is 6.47 Å². The maximum Gasteiger partial charge on any atom is 0.307 e. The number of carbonyl (C=O) groups is 2. The molecule has 0 aliphatic heterocycles. The van der Waals surface area contributed by atoms with Crippen molar-refractivity contribution >= 4 is 12.4 Å². The molecule has 0 aliphatic rings. The molecule has 13 heavy (non-hydrogen) atoms. The van der Waals surface area contributed by atoms with E-state index < -0.39 is 0 Å². The highest BCUT2D eigenvalue weighted by molar-refractivity contribution is 5.69. The molecule has 0 radical (unpaired) electrons. The van der Waals surface area contributed by atoms with Gasteiger partial charge in [0.2, 0.25) is 0 Å². The van der Waals surface area contributed by atoms with Crippen molar-refractivity contribution in [2.75, 3.05) is 20.2 Å². The Morgan fingerprint density at radius 3 is 2.85 bits per heavy atom. The van der Waals surface area contributed by atoms with E-state index in [-0.39, 0.29) is 18.7 Å². The standard InChI is InChI=1S/C8H15NO4/c1-7(13-6-10)5-12-8(11)3-4-9-2/h6-7,9H,3-5H2,1-2H3. The number of carbonyl (C=O) groups excluding carboxylic acids is 2. The molecule has 0 amide bonds. The highest BCUT2D eigenvalue weighted by Gasteiger charge is 2.06. The highest BCUT2D eigenvalue weighted by Crippen LogP contribution is 1.92. The summed E-state index contributed by atoms with van der Waals surface area (Å²) in [7, 11) is 1.76. The van der Waals surface area contributed by atoms with Gasteiger partial charge in [0, 0.05) is 6.54 Å². The van der Waals surface area contributed by atoms with Crippen molar-refractivity contribution in [3.63, 3.8) is 0 Å². The lowest BCUT2D eigenvalue weighted by Crippen LogP contribution is -2.21. The van der Waals surface area contributed by atoms with E-state index in [4.69, 9.17) is 4.74 Å². The zero-order valence-electron chi connectivity index (χ0n) is 7.91. The molecule has 0 spiro atoms. The summed E-state index contributed by atoms with van der Waals surface area (Å²) in [5.41, 5.74) is 0. The monoisotopic (exact) mass is 189 g/mol. The molecule has 5 nitrogen and oxygen atoms in total. The number of nitrogens with one attached hydrogen (secondary N) is 1. The maximum atomic E-state index is 10.9. The van der Waals surface area contributed by atoms with Crippen LogP contribution in [0, 0.1) is 0 Å². The molecule has 0 aromatic rings. The molecule has 0 fully saturated rings. The Hall–Kier alpha value is -1.10. The predicted molar refractivity (Wildman–Crippen MR) is 46.1 cm³/mol. The first-order chi connectivity index (χ1) is 6.20. The summed E-state index contributed by atoms with van der Waals surface area (Å²) < 4.78 is 9.32. The van der Waals surface area contributed by atoms with Gasteiger partial charge in [0.1, 0.15) is 12.7 Å². The molecule has 0 aliphatic carbocycles. The Morgan fingerprint density at radius 1 is 1.62 bits per heavy atom. The fraction of sp³-hybridized carbons (Fsp3) is 0.750. The molecule has 0 heterocycles. The second-order valence-electron chi connectivity index (χ2n) is 2.58. The van der Waals surface area contributed by atoms with E-state index in [1.165, 1.54) is 0 Å². The summed E-state index contributed by atoms with van der Waals surface area (Å²) in [4.78, 5) is 20.8. The third-order valence-corrected chi connectivity index (χ3v) is 1.35. The molecule has 1 atom stereocenters. The van der Waals surface area contributed by atoms with E-state index in [0.29, 0.717) is 19.4 Å². The van der Waals surface area contributed by atoms with Crippen LogP contribution in [0.2, 0.25) is 0 Å². The van der Waals surface area contributed by atoms with Gasteiger partial charge >= 0.3 is 5.97 Å². The lowest BCUT2D eigenvalue weighted by molar-refractivity contribution is -0.150. The predicted octanol–water partition coefficient (Wildman–Crippen LogP) is -0.299. The summed E-state index contributed by atoms with van der Waals surface area (Å²) >= 11 is 0. The van der Waals surface area contributed by atoms with Crippen molar-refractivity contribution in [1.29, 1.82) is 0 Å². The van der Waals surface area contributed by atoms with E-state index in [0.717, 1.165) is 0 Å². The van der Waals surface area contributed by atoms with Crippen LogP contribution in [0.15, 0.2) is 0 Å². The normalized spacial score (nSPS) is 11.8. The first-order valence-corrected chi connectivity index (χ1v) is 4.10. The van der Waals surface area contributed by atoms with Crippen LogP contribution < -0.4 is 5.32 Å². The van der Waals surface area contributed by atoms with Crippen molar-refractivity contribution in [3.05, 3.63) is 0 Å². The molecular formula is C8H15NO4. The molecule has 0 aromatic heterocycles. The molecule has 0 rings (SSSR count). The number of hydrogen-bond donors (Lipinski definition) is 1. The van der Waals surface area contributed by atoms with Crippen LogP contribution in [0.4, 0.5) is 0 Å². The zero-order valence-corrected chi connectivity index (χ0v) is 7.91. The second-order valence-corrected chi connectivity index (χ2v) is 2.58. The number of rotatable bonds is 7. The van der Waals surface area contributed by atoms with Gasteiger partial charge in [-0.2, -0.15) is 0 Å². The van der Waals surface area contributed by atoms with Gasteiger partial charge in [-0.1, -0.05) is 0 Å². The summed E-state index contributed by atoms with van der Waals surface area (Å²) in [6, 6.07) is 0. The molecule has 0 saturated carbocycles. The minimum Gasteiger partial charge on any atom is -0.462 e. The summed E-state index contributed by atoms with van der Waals surface area (Å²) in [6.45, 7) is 2.69. The van der Waals surface area contributed by atoms with Gasteiger partial charge in [-0.25, -0.2) is 0 Å². The lowest BCUT2D eigenvalue weighted by Gasteiger charge is -2.09. The van der Waals surface area contributed by atoms with Crippen LogP contribution in [-0.2, 0) is 19.1 Å². The van der Waals surface area contributed by atoms with E-state index >= 15 is 0 Å². The Balaban J connectivity index is 3.39. The fourth-order valence-electron chi connectivity index (χ4n) is 0.644. The molecule has 1 unspecified atom stereocenters. The summed E-state index contributed by atoms with van der Waals surface area (Å²) in [5, 5.41) is 2.82. The van der Waals surface area contributed by atoms with E-state index in [9.17, 15) is 9.59 Å². The number of hydrogen-bond acceptors (Lipinski definition) is 5. The molecule has 0 aromatic carbocycles. The third kappa shape index (κ3) is 7.27.